The molecule has 0 N–H and O–H groups in total. The average Bonchev–Trinajstić information content (AvgIpc) is 2.96. The summed E-state index contributed by atoms with van der Waals surface area (Å²) >= 11 is 0. The third-order valence-electron chi connectivity index (χ3n) is 4.55. The van der Waals surface area contributed by atoms with Crippen molar-refractivity contribution >= 4 is 11.0 Å². The van der Waals surface area contributed by atoms with Crippen LogP contribution < -0.4 is 0 Å². The van der Waals surface area contributed by atoms with Gasteiger partial charge < -0.3 is 4.57 Å². The molecule has 0 bridgehead atoms. The number of para-hydroxylation sites is 2. The van der Waals surface area contributed by atoms with Crippen LogP contribution in [-0.2, 0) is 6.54 Å². The number of rotatable bonds is 3. The van der Waals surface area contributed by atoms with E-state index in [1.165, 1.54) is 22.2 Å². The molecule has 2 nitrogen and oxygen atoms in total. The minimum Gasteiger partial charge on any atom is -0.319 e. The van der Waals surface area contributed by atoms with Crippen LogP contribution in [0.4, 0.5) is 0 Å². The quantitative estimate of drug-likeness (QED) is 0.497. The van der Waals surface area contributed by atoms with Crippen LogP contribution in [-0.4, -0.2) is 9.55 Å². The highest BCUT2D eigenvalue weighted by atomic mass is 15.1. The Balaban J connectivity index is 1.90. The Bertz CT molecular complexity index is 994. The minimum absolute atomic E-state index is 0.830. The number of hydrogen-bond acceptors (Lipinski definition) is 1. The molecule has 1 aromatic heterocycles. The van der Waals surface area contributed by atoms with E-state index >= 15 is 0 Å². The molecule has 2 heteroatoms. The smallest absolute Gasteiger partial charge is 0.141 e. The maximum Gasteiger partial charge on any atom is 0.141 e. The van der Waals surface area contributed by atoms with E-state index in [1.807, 2.05) is 6.07 Å². The molecule has 0 aliphatic rings. The number of fused-ring (bicyclic) bond motifs is 1. The van der Waals surface area contributed by atoms with Crippen molar-refractivity contribution in [2.24, 2.45) is 0 Å². The van der Waals surface area contributed by atoms with Gasteiger partial charge in [-0.1, -0.05) is 66.2 Å². The molecule has 0 aliphatic carbocycles. The van der Waals surface area contributed by atoms with Crippen molar-refractivity contribution in [1.29, 1.82) is 0 Å². The number of aromatic nitrogens is 2. The Morgan fingerprint density at radius 3 is 2.29 bits per heavy atom. The molecule has 0 atom stereocenters. The largest absolute Gasteiger partial charge is 0.319 e. The summed E-state index contributed by atoms with van der Waals surface area (Å²) in [5.41, 5.74) is 7.28. The van der Waals surface area contributed by atoms with E-state index in [-0.39, 0.29) is 0 Å². The molecule has 0 saturated heterocycles. The lowest BCUT2D eigenvalue weighted by Gasteiger charge is -2.12. The third-order valence-corrected chi connectivity index (χ3v) is 4.55. The van der Waals surface area contributed by atoms with Crippen molar-refractivity contribution in [3.63, 3.8) is 0 Å². The molecule has 0 unspecified atom stereocenters. The minimum atomic E-state index is 0.830. The van der Waals surface area contributed by atoms with Gasteiger partial charge >= 0.3 is 0 Å². The highest BCUT2D eigenvalue weighted by Crippen LogP contribution is 2.26. The van der Waals surface area contributed by atoms with Crippen LogP contribution >= 0.6 is 0 Å². The molecule has 3 aromatic carbocycles. The van der Waals surface area contributed by atoms with Crippen molar-refractivity contribution < 1.29 is 0 Å². The normalized spacial score (nSPS) is 11.1. The summed E-state index contributed by atoms with van der Waals surface area (Å²) in [4.78, 5) is 4.90. The van der Waals surface area contributed by atoms with Gasteiger partial charge in [-0.05, 0) is 37.1 Å². The van der Waals surface area contributed by atoms with Gasteiger partial charge in [-0.25, -0.2) is 4.98 Å². The van der Waals surface area contributed by atoms with Crippen molar-refractivity contribution in [2.75, 3.05) is 0 Å². The fourth-order valence-electron chi connectivity index (χ4n) is 3.12. The van der Waals surface area contributed by atoms with Gasteiger partial charge in [0.2, 0.25) is 0 Å². The van der Waals surface area contributed by atoms with Gasteiger partial charge in [-0.3, -0.25) is 0 Å². The lowest BCUT2D eigenvalue weighted by atomic mass is 10.1. The van der Waals surface area contributed by atoms with Gasteiger partial charge in [-0.2, -0.15) is 0 Å². The number of aryl methyl sites for hydroxylation is 2. The predicted octanol–water partition coefficient (Wildman–Crippen LogP) is 5.37. The van der Waals surface area contributed by atoms with Crippen molar-refractivity contribution in [2.45, 2.75) is 20.4 Å². The summed E-state index contributed by atoms with van der Waals surface area (Å²) in [6, 6.07) is 25.5. The Morgan fingerprint density at radius 1 is 0.792 bits per heavy atom. The highest BCUT2D eigenvalue weighted by molar-refractivity contribution is 5.80. The number of nitrogens with zero attached hydrogens (tertiary/aromatic N) is 2. The zero-order valence-electron chi connectivity index (χ0n) is 14.0. The van der Waals surface area contributed by atoms with Gasteiger partial charge in [0.1, 0.15) is 5.82 Å². The topological polar surface area (TPSA) is 17.8 Å². The number of benzene rings is 3. The van der Waals surface area contributed by atoms with E-state index < -0.39 is 0 Å². The van der Waals surface area contributed by atoms with Crippen molar-refractivity contribution in [3.05, 3.63) is 89.5 Å². The van der Waals surface area contributed by atoms with E-state index in [4.69, 9.17) is 4.98 Å². The number of imidazole rings is 1. The van der Waals surface area contributed by atoms with Crippen LogP contribution in [0.3, 0.4) is 0 Å². The molecule has 4 rings (SSSR count). The molecule has 1 heterocycles. The molecule has 0 amide bonds. The first-order valence-corrected chi connectivity index (χ1v) is 8.29. The fraction of sp³-hybridized carbons (Fsp3) is 0.136. The van der Waals surface area contributed by atoms with Crippen LogP contribution in [0.1, 0.15) is 16.7 Å². The molecule has 4 aromatic rings. The zero-order chi connectivity index (χ0) is 16.5. The molecule has 24 heavy (non-hydrogen) atoms. The maximum absolute atomic E-state index is 4.90. The highest BCUT2D eigenvalue weighted by Gasteiger charge is 2.13. The molecule has 0 aliphatic heterocycles. The fourth-order valence-corrected chi connectivity index (χ4v) is 3.12. The van der Waals surface area contributed by atoms with E-state index in [2.05, 4.69) is 85.1 Å². The molecular formula is C22H20N2. The van der Waals surface area contributed by atoms with Crippen LogP contribution in [0.2, 0.25) is 0 Å². The van der Waals surface area contributed by atoms with Crippen molar-refractivity contribution in [3.8, 4) is 11.4 Å². The van der Waals surface area contributed by atoms with E-state index in [0.717, 1.165) is 23.4 Å². The lowest BCUT2D eigenvalue weighted by Crippen LogP contribution is -2.03. The average molecular weight is 312 g/mol. The van der Waals surface area contributed by atoms with E-state index in [9.17, 15) is 0 Å². The Morgan fingerprint density at radius 2 is 1.50 bits per heavy atom. The van der Waals surface area contributed by atoms with Crippen LogP contribution in [0.25, 0.3) is 22.4 Å². The Kier molecular flexibility index (Phi) is 3.66. The second kappa shape index (κ2) is 5.97. The first-order chi connectivity index (χ1) is 11.7. The van der Waals surface area contributed by atoms with Gasteiger partial charge in [0.25, 0.3) is 0 Å². The first-order valence-electron chi connectivity index (χ1n) is 8.29. The van der Waals surface area contributed by atoms with Crippen LogP contribution in [0.15, 0.2) is 72.8 Å². The second-order valence-electron chi connectivity index (χ2n) is 6.30. The standard InChI is InChI=1S/C22H20N2/c1-16-11-13-18(14-12-16)22-23-20-9-5-6-10-21(20)24(22)15-19-8-4-3-7-17(19)2/h3-14H,15H2,1-2H3. The summed E-state index contributed by atoms with van der Waals surface area (Å²) in [6.07, 6.45) is 0. The lowest BCUT2D eigenvalue weighted by molar-refractivity contribution is 0.828. The van der Waals surface area contributed by atoms with E-state index in [1.54, 1.807) is 0 Å². The third kappa shape index (κ3) is 2.61. The monoisotopic (exact) mass is 312 g/mol. The summed E-state index contributed by atoms with van der Waals surface area (Å²) in [6.45, 7) is 5.11. The first kappa shape index (κ1) is 14.7. The SMILES string of the molecule is Cc1ccc(-c2nc3ccccc3n2Cc2ccccc2C)cc1. The zero-order valence-corrected chi connectivity index (χ0v) is 14.0. The summed E-state index contributed by atoms with van der Waals surface area (Å²) in [7, 11) is 0. The number of hydrogen-bond donors (Lipinski definition) is 0. The Hall–Kier alpha value is -2.87. The van der Waals surface area contributed by atoms with Crippen LogP contribution in [0, 0.1) is 13.8 Å². The second-order valence-corrected chi connectivity index (χ2v) is 6.30. The summed E-state index contributed by atoms with van der Waals surface area (Å²) in [5.74, 6) is 1.03. The van der Waals surface area contributed by atoms with Gasteiger partial charge in [0.05, 0.1) is 11.0 Å². The molecular weight excluding hydrogens is 292 g/mol. The van der Waals surface area contributed by atoms with Gasteiger partial charge in [-0.15, -0.1) is 0 Å². The molecule has 118 valence electrons. The predicted molar refractivity (Wildman–Crippen MR) is 100 cm³/mol. The summed E-state index contributed by atoms with van der Waals surface area (Å²) < 4.78 is 2.32. The van der Waals surface area contributed by atoms with Gasteiger partial charge in [0, 0.05) is 12.1 Å². The summed E-state index contributed by atoms with van der Waals surface area (Å²) in [5, 5.41) is 0. The molecule has 0 spiro atoms. The maximum atomic E-state index is 4.90. The molecule has 0 fully saturated rings. The van der Waals surface area contributed by atoms with Crippen LogP contribution in [0.5, 0.6) is 0 Å². The Labute approximate surface area is 142 Å². The van der Waals surface area contributed by atoms with Crippen molar-refractivity contribution in [1.82, 2.24) is 9.55 Å². The van der Waals surface area contributed by atoms with Gasteiger partial charge in [0.15, 0.2) is 0 Å². The molecule has 0 saturated carbocycles. The molecule has 0 radical (unpaired) electrons. The van der Waals surface area contributed by atoms with E-state index in [0.29, 0.717) is 0 Å².